The number of ether oxygens (including phenoxy) is 1. The number of sulfonamides is 1. The molecule has 1 atom stereocenters. The van der Waals surface area contributed by atoms with Gasteiger partial charge in [-0.15, -0.1) is 0 Å². The van der Waals surface area contributed by atoms with Crippen LogP contribution < -0.4 is 14.3 Å². The zero-order valence-corrected chi connectivity index (χ0v) is 20.6. The molecule has 0 aliphatic heterocycles. The first-order chi connectivity index (χ1) is 16.8. The number of hydrogen-bond acceptors (Lipinski definition) is 7. The van der Waals surface area contributed by atoms with Crippen molar-refractivity contribution < 1.29 is 18.3 Å². The molecule has 0 radical (unpaired) electrons. The summed E-state index contributed by atoms with van der Waals surface area (Å²) in [5.41, 5.74) is 3.28. The summed E-state index contributed by atoms with van der Waals surface area (Å²) in [7, 11) is -3.36. The number of rotatable bonds is 10. The average Bonchev–Trinajstić information content (AvgIpc) is 3.17. The minimum absolute atomic E-state index is 0.0716. The third-order valence-corrected chi connectivity index (χ3v) is 6.69. The molecule has 0 spiro atoms. The highest BCUT2D eigenvalue weighted by molar-refractivity contribution is 7.92. The van der Waals surface area contributed by atoms with Crippen LogP contribution in [0.2, 0.25) is 0 Å². The lowest BCUT2D eigenvalue weighted by molar-refractivity contribution is 0.228. The maximum atomic E-state index is 12.3. The molecular formula is C25H25N3O5S2. The van der Waals surface area contributed by atoms with Crippen molar-refractivity contribution >= 4 is 27.0 Å². The van der Waals surface area contributed by atoms with Gasteiger partial charge in [0.25, 0.3) is 0 Å². The Morgan fingerprint density at radius 2 is 1.91 bits per heavy atom. The molecule has 2 aromatic heterocycles. The number of hydrogen-bond donors (Lipinski definition) is 2. The second-order valence-electron chi connectivity index (χ2n) is 8.07. The minimum Gasteiger partial charge on any atom is -0.494 e. The number of aryl methyl sites for hydroxylation is 1. The van der Waals surface area contributed by atoms with Crippen LogP contribution in [-0.2, 0) is 16.4 Å². The Kier molecular flexibility index (Phi) is 7.52. The summed E-state index contributed by atoms with van der Waals surface area (Å²) in [5, 5.41) is 11.6. The maximum absolute atomic E-state index is 12.3. The number of nitrogens with zero attached hydrogens (tertiary/aromatic N) is 2. The summed E-state index contributed by atoms with van der Waals surface area (Å²) < 4.78 is 32.9. The van der Waals surface area contributed by atoms with Gasteiger partial charge in [0.2, 0.25) is 15.9 Å². The molecule has 35 heavy (non-hydrogen) atoms. The van der Waals surface area contributed by atoms with Gasteiger partial charge in [0.1, 0.15) is 12.4 Å². The zero-order valence-electron chi connectivity index (χ0n) is 19.0. The molecule has 0 bridgehead atoms. The number of aromatic nitrogens is 2. The SMILES string of the molecule is CS(=O)(=O)Nc1cccc(-c2ccc(OC[C@H](CCc3cccnc3)n3c(O)csc3=O)cc2)c1. The third kappa shape index (κ3) is 6.71. The molecule has 0 fully saturated rings. The summed E-state index contributed by atoms with van der Waals surface area (Å²) in [4.78, 5) is 16.2. The number of thiazole rings is 1. The van der Waals surface area contributed by atoms with E-state index in [1.165, 1.54) is 9.95 Å². The molecule has 8 nitrogen and oxygen atoms in total. The molecule has 10 heteroatoms. The number of benzene rings is 2. The van der Waals surface area contributed by atoms with E-state index in [-0.39, 0.29) is 23.4 Å². The van der Waals surface area contributed by atoms with E-state index in [4.69, 9.17) is 4.74 Å². The Balaban J connectivity index is 1.46. The highest BCUT2D eigenvalue weighted by Gasteiger charge is 2.19. The summed E-state index contributed by atoms with van der Waals surface area (Å²) in [6.45, 7) is 0.206. The molecule has 4 aromatic rings. The largest absolute Gasteiger partial charge is 0.494 e. The molecule has 0 aliphatic carbocycles. The van der Waals surface area contributed by atoms with Crippen LogP contribution in [0.1, 0.15) is 18.0 Å². The van der Waals surface area contributed by atoms with Crippen molar-refractivity contribution in [1.82, 2.24) is 9.55 Å². The molecule has 0 saturated carbocycles. The predicted molar refractivity (Wildman–Crippen MR) is 138 cm³/mol. The molecule has 2 N–H and O–H groups in total. The molecular weight excluding hydrogens is 486 g/mol. The van der Waals surface area contributed by atoms with Gasteiger partial charge in [-0.25, -0.2) is 8.42 Å². The lowest BCUT2D eigenvalue weighted by Gasteiger charge is -2.19. The smallest absolute Gasteiger partial charge is 0.310 e. The Hall–Kier alpha value is -3.63. The Morgan fingerprint density at radius 3 is 2.57 bits per heavy atom. The number of anilines is 1. The van der Waals surface area contributed by atoms with Crippen LogP contribution in [-0.4, -0.2) is 35.9 Å². The number of aromatic hydroxyl groups is 1. The Bertz CT molecular complexity index is 1430. The van der Waals surface area contributed by atoms with E-state index in [1.54, 1.807) is 30.6 Å². The van der Waals surface area contributed by atoms with Crippen molar-refractivity contribution in [2.24, 2.45) is 0 Å². The number of nitrogens with one attached hydrogen (secondary N) is 1. The zero-order chi connectivity index (χ0) is 24.8. The van der Waals surface area contributed by atoms with E-state index in [0.717, 1.165) is 34.3 Å². The van der Waals surface area contributed by atoms with E-state index in [0.29, 0.717) is 24.3 Å². The van der Waals surface area contributed by atoms with E-state index in [1.807, 2.05) is 42.5 Å². The van der Waals surface area contributed by atoms with Crippen LogP contribution in [0.25, 0.3) is 11.1 Å². The van der Waals surface area contributed by atoms with E-state index >= 15 is 0 Å². The molecule has 2 heterocycles. The first-order valence-corrected chi connectivity index (χ1v) is 13.6. The fourth-order valence-corrected chi connectivity index (χ4v) is 4.96. The van der Waals surface area contributed by atoms with E-state index in [2.05, 4.69) is 9.71 Å². The quantitative estimate of drug-likeness (QED) is 0.328. The molecule has 0 saturated heterocycles. The van der Waals surface area contributed by atoms with Crippen molar-refractivity contribution in [2.75, 3.05) is 17.6 Å². The molecule has 182 valence electrons. The molecule has 0 unspecified atom stereocenters. The van der Waals surface area contributed by atoms with Gasteiger partial charge in [-0.05, 0) is 59.9 Å². The van der Waals surface area contributed by atoms with Gasteiger partial charge in [0.05, 0.1) is 17.7 Å². The summed E-state index contributed by atoms with van der Waals surface area (Å²) in [5.74, 6) is 0.547. The summed E-state index contributed by atoms with van der Waals surface area (Å²) in [6.07, 6.45) is 5.88. The van der Waals surface area contributed by atoms with Crippen LogP contribution in [0.4, 0.5) is 5.69 Å². The molecule has 2 aromatic carbocycles. The lowest BCUT2D eigenvalue weighted by Crippen LogP contribution is -2.25. The van der Waals surface area contributed by atoms with Crippen LogP contribution in [0, 0.1) is 0 Å². The standard InChI is InChI=1S/C25H25N3O5S2/c1-35(31,32)27-21-6-2-5-20(14-21)19-8-11-23(12-9-19)33-16-22(28-24(29)17-34-25(28)30)10-7-18-4-3-13-26-15-18/h2-6,8-9,11-15,17,22,27,29H,7,10,16H2,1H3/t22-/m0/s1. The molecule has 0 amide bonds. The minimum atomic E-state index is -3.36. The van der Waals surface area contributed by atoms with Gasteiger partial charge in [0.15, 0.2) is 0 Å². The van der Waals surface area contributed by atoms with E-state index < -0.39 is 10.0 Å². The van der Waals surface area contributed by atoms with Crippen molar-refractivity contribution in [2.45, 2.75) is 18.9 Å². The first-order valence-electron chi connectivity index (χ1n) is 10.9. The van der Waals surface area contributed by atoms with Crippen molar-refractivity contribution in [3.8, 4) is 22.8 Å². The predicted octanol–water partition coefficient (Wildman–Crippen LogP) is 4.30. The summed E-state index contributed by atoms with van der Waals surface area (Å²) >= 11 is 0.953. The number of pyridine rings is 1. The molecule has 0 aliphatic rings. The van der Waals surface area contributed by atoms with Crippen LogP contribution in [0.3, 0.4) is 0 Å². The van der Waals surface area contributed by atoms with Crippen molar-refractivity contribution in [3.63, 3.8) is 0 Å². The second-order valence-corrected chi connectivity index (χ2v) is 10.6. The van der Waals surface area contributed by atoms with Gasteiger partial charge < -0.3 is 9.84 Å². The topological polar surface area (TPSA) is 111 Å². The fraction of sp³-hybridized carbons (Fsp3) is 0.200. The first kappa shape index (κ1) is 24.5. The summed E-state index contributed by atoms with van der Waals surface area (Å²) in [6, 6.07) is 18.0. The highest BCUT2D eigenvalue weighted by atomic mass is 32.2. The van der Waals surface area contributed by atoms with Gasteiger partial charge in [0, 0.05) is 18.1 Å². The Morgan fingerprint density at radius 1 is 1.11 bits per heavy atom. The molecule has 4 rings (SSSR count). The van der Waals surface area contributed by atoms with Gasteiger partial charge in [-0.1, -0.05) is 41.7 Å². The lowest BCUT2D eigenvalue weighted by atomic mass is 10.1. The normalized spacial score (nSPS) is 12.3. The maximum Gasteiger partial charge on any atom is 0.310 e. The van der Waals surface area contributed by atoms with Crippen LogP contribution in [0.5, 0.6) is 11.6 Å². The third-order valence-electron chi connectivity index (χ3n) is 5.36. The van der Waals surface area contributed by atoms with Crippen molar-refractivity contribution in [3.05, 3.63) is 93.7 Å². The van der Waals surface area contributed by atoms with Gasteiger partial charge >= 0.3 is 4.87 Å². The van der Waals surface area contributed by atoms with E-state index in [9.17, 15) is 18.3 Å². The van der Waals surface area contributed by atoms with Gasteiger partial charge in [-0.3, -0.25) is 19.1 Å². The second kappa shape index (κ2) is 10.7. The van der Waals surface area contributed by atoms with Crippen molar-refractivity contribution in [1.29, 1.82) is 0 Å². The fourth-order valence-electron chi connectivity index (χ4n) is 3.72. The Labute approximate surface area is 207 Å². The van der Waals surface area contributed by atoms with Crippen LogP contribution in [0.15, 0.2) is 83.2 Å². The van der Waals surface area contributed by atoms with Gasteiger partial charge in [-0.2, -0.15) is 0 Å². The monoisotopic (exact) mass is 511 g/mol. The highest BCUT2D eigenvalue weighted by Crippen LogP contribution is 2.27. The average molecular weight is 512 g/mol. The van der Waals surface area contributed by atoms with Crippen LogP contribution >= 0.6 is 11.3 Å².